The highest BCUT2D eigenvalue weighted by Gasteiger charge is 2.09. The van der Waals surface area contributed by atoms with Crippen LogP contribution in [0.1, 0.15) is 12.0 Å². The molecule has 0 aliphatic carbocycles. The molecule has 0 atom stereocenters. The molecule has 0 spiro atoms. The van der Waals surface area contributed by atoms with Gasteiger partial charge in [-0.15, -0.1) is 0 Å². The van der Waals surface area contributed by atoms with Crippen molar-refractivity contribution in [2.24, 2.45) is 0 Å². The van der Waals surface area contributed by atoms with Crippen LogP contribution < -0.4 is 14.8 Å². The van der Waals surface area contributed by atoms with Crippen LogP contribution in [0, 0.1) is 0 Å². The minimum absolute atomic E-state index is 0.816. The van der Waals surface area contributed by atoms with Crippen LogP contribution in [-0.4, -0.2) is 58.5 Å². The second-order valence-electron chi connectivity index (χ2n) is 5.16. The lowest BCUT2D eigenvalue weighted by Crippen LogP contribution is -2.37. The van der Waals surface area contributed by atoms with Gasteiger partial charge in [0.25, 0.3) is 0 Å². The van der Waals surface area contributed by atoms with Gasteiger partial charge in [-0.2, -0.15) is 0 Å². The number of nitrogens with zero attached hydrogens (tertiary/aromatic N) is 1. The van der Waals surface area contributed by atoms with Crippen LogP contribution in [0.5, 0.6) is 11.5 Å². The Kier molecular flexibility index (Phi) is 6.79. The van der Waals surface area contributed by atoms with Gasteiger partial charge in [-0.1, -0.05) is 6.07 Å². The summed E-state index contributed by atoms with van der Waals surface area (Å²) in [5.74, 6) is 1.69. The Balaban J connectivity index is 1.68. The number of hydrogen-bond donors (Lipinski definition) is 1. The number of methoxy groups -OCH3 is 2. The smallest absolute Gasteiger partial charge is 0.127 e. The van der Waals surface area contributed by atoms with Crippen LogP contribution in [0.15, 0.2) is 18.2 Å². The van der Waals surface area contributed by atoms with E-state index in [-0.39, 0.29) is 0 Å². The van der Waals surface area contributed by atoms with E-state index in [2.05, 4.69) is 10.2 Å². The summed E-state index contributed by atoms with van der Waals surface area (Å²) in [6.45, 7) is 6.82. The SMILES string of the molecule is COc1ccc(CNCCCN2CCOCC2)c(OC)c1. The second kappa shape index (κ2) is 8.87. The maximum Gasteiger partial charge on any atom is 0.127 e. The Morgan fingerprint density at radius 1 is 1.19 bits per heavy atom. The van der Waals surface area contributed by atoms with Gasteiger partial charge in [0.1, 0.15) is 11.5 Å². The molecule has 1 aliphatic heterocycles. The van der Waals surface area contributed by atoms with Crippen LogP contribution in [0.2, 0.25) is 0 Å². The van der Waals surface area contributed by atoms with Crippen molar-refractivity contribution in [1.29, 1.82) is 0 Å². The molecule has 0 aromatic heterocycles. The van der Waals surface area contributed by atoms with E-state index in [1.807, 2.05) is 18.2 Å². The summed E-state index contributed by atoms with van der Waals surface area (Å²) in [6.07, 6.45) is 1.15. The summed E-state index contributed by atoms with van der Waals surface area (Å²) in [6, 6.07) is 5.94. The standard InChI is InChI=1S/C16H26N2O3/c1-19-15-5-4-14(16(12-15)20-2)13-17-6-3-7-18-8-10-21-11-9-18/h4-5,12,17H,3,6-11,13H2,1-2H3. The molecule has 1 fully saturated rings. The number of rotatable bonds is 8. The highest BCUT2D eigenvalue weighted by molar-refractivity contribution is 5.40. The first-order chi connectivity index (χ1) is 10.3. The Labute approximate surface area is 127 Å². The van der Waals surface area contributed by atoms with Crippen LogP contribution in [-0.2, 0) is 11.3 Å². The van der Waals surface area contributed by atoms with Crippen molar-refractivity contribution >= 4 is 0 Å². The van der Waals surface area contributed by atoms with Gasteiger partial charge < -0.3 is 19.5 Å². The number of nitrogens with one attached hydrogen (secondary N) is 1. The van der Waals surface area contributed by atoms with Crippen molar-refractivity contribution in [2.75, 3.05) is 53.6 Å². The molecule has 0 amide bonds. The highest BCUT2D eigenvalue weighted by atomic mass is 16.5. The minimum Gasteiger partial charge on any atom is -0.497 e. The molecular formula is C16H26N2O3. The zero-order chi connectivity index (χ0) is 14.9. The summed E-state index contributed by atoms with van der Waals surface area (Å²) in [4.78, 5) is 2.46. The molecular weight excluding hydrogens is 268 g/mol. The van der Waals surface area contributed by atoms with Crippen molar-refractivity contribution in [3.8, 4) is 11.5 Å². The predicted molar refractivity (Wildman–Crippen MR) is 83.1 cm³/mol. The average molecular weight is 294 g/mol. The van der Waals surface area contributed by atoms with Crippen LogP contribution in [0.25, 0.3) is 0 Å². The van der Waals surface area contributed by atoms with Crippen molar-refractivity contribution in [3.63, 3.8) is 0 Å². The molecule has 21 heavy (non-hydrogen) atoms. The first kappa shape index (κ1) is 16.1. The Bertz CT molecular complexity index is 420. The number of benzene rings is 1. The fourth-order valence-electron chi connectivity index (χ4n) is 2.47. The highest BCUT2D eigenvalue weighted by Crippen LogP contribution is 2.24. The van der Waals surface area contributed by atoms with Gasteiger partial charge >= 0.3 is 0 Å². The molecule has 0 unspecified atom stereocenters. The van der Waals surface area contributed by atoms with Gasteiger partial charge in [0.15, 0.2) is 0 Å². The lowest BCUT2D eigenvalue weighted by Gasteiger charge is -2.26. The predicted octanol–water partition coefficient (Wildman–Crippen LogP) is 1.52. The maximum atomic E-state index is 5.40. The molecule has 1 aromatic rings. The summed E-state index contributed by atoms with van der Waals surface area (Å²) in [5, 5.41) is 3.47. The first-order valence-electron chi connectivity index (χ1n) is 7.55. The molecule has 0 saturated carbocycles. The number of hydrogen-bond acceptors (Lipinski definition) is 5. The molecule has 1 aromatic carbocycles. The van der Waals surface area contributed by atoms with Gasteiger partial charge in [-0.25, -0.2) is 0 Å². The lowest BCUT2D eigenvalue weighted by atomic mass is 10.2. The third-order valence-electron chi connectivity index (χ3n) is 3.74. The summed E-state index contributed by atoms with van der Waals surface area (Å²) in [7, 11) is 3.36. The largest absolute Gasteiger partial charge is 0.497 e. The van der Waals surface area contributed by atoms with E-state index in [1.54, 1.807) is 14.2 Å². The molecule has 5 nitrogen and oxygen atoms in total. The maximum absolute atomic E-state index is 5.40. The van der Waals surface area contributed by atoms with Crippen molar-refractivity contribution in [2.45, 2.75) is 13.0 Å². The quantitative estimate of drug-likeness (QED) is 0.736. The van der Waals surface area contributed by atoms with Gasteiger partial charge in [0.2, 0.25) is 0 Å². The molecule has 5 heteroatoms. The molecule has 0 bridgehead atoms. The topological polar surface area (TPSA) is 43.0 Å². The molecule has 118 valence electrons. The van der Waals surface area contributed by atoms with Gasteiger partial charge in [0, 0.05) is 31.3 Å². The monoisotopic (exact) mass is 294 g/mol. The third-order valence-corrected chi connectivity index (χ3v) is 3.74. The lowest BCUT2D eigenvalue weighted by molar-refractivity contribution is 0.0374. The summed E-state index contributed by atoms with van der Waals surface area (Å²) >= 11 is 0. The number of morpholine rings is 1. The molecule has 1 saturated heterocycles. The normalized spacial score (nSPS) is 15.9. The van der Waals surface area contributed by atoms with Gasteiger partial charge in [-0.3, -0.25) is 4.90 Å². The third kappa shape index (κ3) is 5.19. The molecule has 1 aliphatic rings. The van der Waals surface area contributed by atoms with E-state index in [9.17, 15) is 0 Å². The second-order valence-corrected chi connectivity index (χ2v) is 5.16. The van der Waals surface area contributed by atoms with Gasteiger partial charge in [0.05, 0.1) is 27.4 Å². The van der Waals surface area contributed by atoms with Crippen LogP contribution in [0.4, 0.5) is 0 Å². The van der Waals surface area contributed by atoms with E-state index in [0.29, 0.717) is 0 Å². The Hall–Kier alpha value is -1.30. The molecule has 2 rings (SSSR count). The van der Waals surface area contributed by atoms with E-state index in [4.69, 9.17) is 14.2 Å². The zero-order valence-electron chi connectivity index (χ0n) is 13.1. The van der Waals surface area contributed by atoms with Gasteiger partial charge in [-0.05, 0) is 25.6 Å². The average Bonchev–Trinajstić information content (AvgIpc) is 2.55. The fraction of sp³-hybridized carbons (Fsp3) is 0.625. The van der Waals surface area contributed by atoms with E-state index < -0.39 is 0 Å². The van der Waals surface area contributed by atoms with E-state index in [0.717, 1.165) is 69.4 Å². The van der Waals surface area contributed by atoms with Crippen LogP contribution in [0.3, 0.4) is 0 Å². The minimum atomic E-state index is 0.816. The fourth-order valence-corrected chi connectivity index (χ4v) is 2.47. The first-order valence-corrected chi connectivity index (χ1v) is 7.55. The summed E-state index contributed by atoms with van der Waals surface area (Å²) < 4.78 is 16.0. The van der Waals surface area contributed by atoms with Crippen molar-refractivity contribution in [3.05, 3.63) is 23.8 Å². The Morgan fingerprint density at radius 3 is 2.71 bits per heavy atom. The number of ether oxygens (including phenoxy) is 3. The molecule has 1 heterocycles. The molecule has 1 N–H and O–H groups in total. The Morgan fingerprint density at radius 2 is 2.00 bits per heavy atom. The summed E-state index contributed by atoms with van der Waals surface area (Å²) in [5.41, 5.74) is 1.16. The molecule has 0 radical (unpaired) electrons. The zero-order valence-corrected chi connectivity index (χ0v) is 13.1. The van der Waals surface area contributed by atoms with Crippen molar-refractivity contribution < 1.29 is 14.2 Å². The van der Waals surface area contributed by atoms with E-state index >= 15 is 0 Å². The van der Waals surface area contributed by atoms with Crippen LogP contribution >= 0.6 is 0 Å². The van der Waals surface area contributed by atoms with E-state index in [1.165, 1.54) is 0 Å². The van der Waals surface area contributed by atoms with Crippen molar-refractivity contribution in [1.82, 2.24) is 10.2 Å².